The SMILES string of the molecule is CC(C)C(O)C(=O)c1c(Cl)cccc1Br. The number of aliphatic hydroxyl groups is 1. The van der Waals surface area contributed by atoms with Crippen LogP contribution in [0.4, 0.5) is 0 Å². The van der Waals surface area contributed by atoms with Crippen molar-refractivity contribution < 1.29 is 9.90 Å². The maximum absolute atomic E-state index is 11.9. The Morgan fingerprint density at radius 2 is 2.07 bits per heavy atom. The van der Waals surface area contributed by atoms with Crippen molar-refractivity contribution in [3.05, 3.63) is 33.3 Å². The van der Waals surface area contributed by atoms with Crippen molar-refractivity contribution in [3.8, 4) is 0 Å². The largest absolute Gasteiger partial charge is 0.385 e. The van der Waals surface area contributed by atoms with Crippen LogP contribution in [0.5, 0.6) is 0 Å². The summed E-state index contributed by atoms with van der Waals surface area (Å²) in [5, 5.41) is 10.0. The topological polar surface area (TPSA) is 37.3 Å². The van der Waals surface area contributed by atoms with Crippen LogP contribution in [0.25, 0.3) is 0 Å². The van der Waals surface area contributed by atoms with Gasteiger partial charge in [0.2, 0.25) is 0 Å². The number of hydrogen-bond donors (Lipinski definition) is 1. The van der Waals surface area contributed by atoms with Crippen molar-refractivity contribution in [2.75, 3.05) is 0 Å². The van der Waals surface area contributed by atoms with Crippen LogP contribution in [-0.2, 0) is 0 Å². The first-order valence-corrected chi connectivity index (χ1v) is 5.78. The number of Topliss-reactive ketones (excluding diaryl/α,β-unsaturated/α-hetero) is 1. The highest BCUT2D eigenvalue weighted by molar-refractivity contribution is 9.10. The van der Waals surface area contributed by atoms with Gasteiger partial charge in [-0.05, 0) is 34.0 Å². The number of hydrogen-bond acceptors (Lipinski definition) is 2. The van der Waals surface area contributed by atoms with Crippen LogP contribution in [-0.4, -0.2) is 17.0 Å². The normalized spacial score (nSPS) is 12.9. The molecule has 0 aliphatic rings. The standard InChI is InChI=1S/C11H12BrClO2/c1-6(2)10(14)11(15)9-7(12)4-3-5-8(9)13/h3-6,10,14H,1-2H3. The van der Waals surface area contributed by atoms with E-state index >= 15 is 0 Å². The third kappa shape index (κ3) is 2.80. The zero-order valence-electron chi connectivity index (χ0n) is 8.50. The molecule has 1 rings (SSSR count). The number of halogens is 2. The molecule has 1 aromatic carbocycles. The van der Waals surface area contributed by atoms with E-state index < -0.39 is 6.10 Å². The molecule has 1 unspecified atom stereocenters. The molecule has 1 aromatic rings. The van der Waals surface area contributed by atoms with Crippen molar-refractivity contribution in [3.63, 3.8) is 0 Å². The van der Waals surface area contributed by atoms with Gasteiger partial charge in [0, 0.05) is 4.47 Å². The lowest BCUT2D eigenvalue weighted by atomic mass is 9.98. The van der Waals surface area contributed by atoms with E-state index in [-0.39, 0.29) is 11.7 Å². The molecule has 1 N–H and O–H groups in total. The van der Waals surface area contributed by atoms with E-state index in [0.29, 0.717) is 15.1 Å². The fraction of sp³-hybridized carbons (Fsp3) is 0.364. The zero-order chi connectivity index (χ0) is 11.6. The predicted octanol–water partition coefficient (Wildman–Crippen LogP) is 3.30. The number of ketones is 1. The van der Waals surface area contributed by atoms with Gasteiger partial charge >= 0.3 is 0 Å². The average Bonchev–Trinajstić information content (AvgIpc) is 2.15. The highest BCUT2D eigenvalue weighted by atomic mass is 79.9. The molecular weight excluding hydrogens is 279 g/mol. The van der Waals surface area contributed by atoms with Crippen molar-refractivity contribution in [2.45, 2.75) is 20.0 Å². The van der Waals surface area contributed by atoms with Gasteiger partial charge in [-0.2, -0.15) is 0 Å². The van der Waals surface area contributed by atoms with E-state index in [1.807, 2.05) is 0 Å². The van der Waals surface area contributed by atoms with E-state index in [1.165, 1.54) is 0 Å². The van der Waals surface area contributed by atoms with E-state index in [1.54, 1.807) is 32.0 Å². The Bertz CT molecular complexity index is 357. The van der Waals surface area contributed by atoms with Crippen LogP contribution in [0.3, 0.4) is 0 Å². The molecule has 82 valence electrons. The first-order chi connectivity index (χ1) is 6.95. The minimum Gasteiger partial charge on any atom is -0.385 e. The van der Waals surface area contributed by atoms with Crippen LogP contribution < -0.4 is 0 Å². The molecule has 0 fully saturated rings. The Morgan fingerprint density at radius 3 is 2.53 bits per heavy atom. The van der Waals surface area contributed by atoms with Gasteiger partial charge in [-0.3, -0.25) is 4.79 Å². The number of carbonyl (C=O) groups is 1. The summed E-state index contributed by atoms with van der Waals surface area (Å²) >= 11 is 9.16. The summed E-state index contributed by atoms with van der Waals surface area (Å²) in [6.45, 7) is 3.57. The monoisotopic (exact) mass is 290 g/mol. The van der Waals surface area contributed by atoms with Gasteiger partial charge in [0.15, 0.2) is 5.78 Å². The molecule has 4 heteroatoms. The average molecular weight is 292 g/mol. The van der Waals surface area contributed by atoms with Crippen molar-refractivity contribution in [1.29, 1.82) is 0 Å². The van der Waals surface area contributed by atoms with Crippen LogP contribution >= 0.6 is 27.5 Å². The van der Waals surface area contributed by atoms with Crippen LogP contribution in [0, 0.1) is 5.92 Å². The third-order valence-electron chi connectivity index (χ3n) is 2.11. The third-order valence-corrected chi connectivity index (χ3v) is 3.09. The second-order valence-corrected chi connectivity index (χ2v) is 4.91. The highest BCUT2D eigenvalue weighted by Gasteiger charge is 2.24. The van der Waals surface area contributed by atoms with Gasteiger partial charge in [0.1, 0.15) is 6.10 Å². The fourth-order valence-corrected chi connectivity index (χ4v) is 2.13. The molecule has 1 atom stereocenters. The van der Waals surface area contributed by atoms with Gasteiger partial charge < -0.3 is 5.11 Å². The van der Waals surface area contributed by atoms with E-state index in [0.717, 1.165) is 0 Å². The number of carbonyl (C=O) groups excluding carboxylic acids is 1. The molecule has 0 saturated heterocycles. The molecule has 15 heavy (non-hydrogen) atoms. The Balaban J connectivity index is 3.11. The van der Waals surface area contributed by atoms with Crippen molar-refractivity contribution >= 4 is 33.3 Å². The van der Waals surface area contributed by atoms with Crippen LogP contribution in [0.15, 0.2) is 22.7 Å². The fourth-order valence-electron chi connectivity index (χ4n) is 1.18. The molecule has 0 saturated carbocycles. The summed E-state index contributed by atoms with van der Waals surface area (Å²) in [6.07, 6.45) is -1.01. The van der Waals surface area contributed by atoms with Crippen molar-refractivity contribution in [2.24, 2.45) is 5.92 Å². The molecule has 0 radical (unpaired) electrons. The Hall–Kier alpha value is -0.380. The number of benzene rings is 1. The minimum atomic E-state index is -1.01. The molecule has 0 spiro atoms. The minimum absolute atomic E-state index is 0.124. The molecule has 0 heterocycles. The van der Waals surface area contributed by atoms with E-state index in [2.05, 4.69) is 15.9 Å². The zero-order valence-corrected chi connectivity index (χ0v) is 10.8. The smallest absolute Gasteiger partial charge is 0.194 e. The lowest BCUT2D eigenvalue weighted by Crippen LogP contribution is -2.26. The van der Waals surface area contributed by atoms with Gasteiger partial charge in [0.25, 0.3) is 0 Å². The molecule has 0 aliphatic carbocycles. The first kappa shape index (κ1) is 12.7. The number of rotatable bonds is 3. The Kier molecular flexibility index (Phi) is 4.32. The first-order valence-electron chi connectivity index (χ1n) is 4.61. The second-order valence-electron chi connectivity index (χ2n) is 3.65. The van der Waals surface area contributed by atoms with Gasteiger partial charge in [0.05, 0.1) is 10.6 Å². The molecule has 0 aromatic heterocycles. The summed E-state index contributed by atoms with van der Waals surface area (Å²) in [7, 11) is 0. The molecule has 0 bridgehead atoms. The Morgan fingerprint density at radius 1 is 1.47 bits per heavy atom. The summed E-state index contributed by atoms with van der Waals surface area (Å²) in [6, 6.07) is 5.10. The van der Waals surface area contributed by atoms with Gasteiger partial charge in [-0.1, -0.05) is 31.5 Å². The van der Waals surface area contributed by atoms with Crippen LogP contribution in [0.1, 0.15) is 24.2 Å². The number of aliphatic hydroxyl groups excluding tert-OH is 1. The maximum atomic E-state index is 11.9. The molecular formula is C11H12BrClO2. The summed E-state index contributed by atoms with van der Waals surface area (Å²) < 4.78 is 0.611. The maximum Gasteiger partial charge on any atom is 0.194 e. The van der Waals surface area contributed by atoms with Gasteiger partial charge in [-0.15, -0.1) is 0 Å². The van der Waals surface area contributed by atoms with Crippen LogP contribution in [0.2, 0.25) is 5.02 Å². The Labute approximate surface area is 102 Å². The molecule has 2 nitrogen and oxygen atoms in total. The van der Waals surface area contributed by atoms with E-state index in [4.69, 9.17) is 11.6 Å². The van der Waals surface area contributed by atoms with E-state index in [9.17, 15) is 9.90 Å². The van der Waals surface area contributed by atoms with Gasteiger partial charge in [-0.25, -0.2) is 0 Å². The quantitative estimate of drug-likeness (QED) is 0.868. The second kappa shape index (κ2) is 5.10. The summed E-state index contributed by atoms with van der Waals surface area (Å²) in [5.74, 6) is -0.469. The lowest BCUT2D eigenvalue weighted by molar-refractivity contribution is 0.0647. The lowest BCUT2D eigenvalue weighted by Gasteiger charge is -2.14. The molecule has 0 aliphatic heterocycles. The predicted molar refractivity (Wildman–Crippen MR) is 64.3 cm³/mol. The highest BCUT2D eigenvalue weighted by Crippen LogP contribution is 2.27. The molecule has 0 amide bonds. The van der Waals surface area contributed by atoms with Crippen molar-refractivity contribution in [1.82, 2.24) is 0 Å². The summed E-state index contributed by atoms with van der Waals surface area (Å²) in [4.78, 5) is 11.9. The summed E-state index contributed by atoms with van der Waals surface area (Å²) in [5.41, 5.74) is 0.348.